The number of aryl methyl sites for hydroxylation is 1. The maximum Gasteiger partial charge on any atom is 0.0906 e. The zero-order valence-electron chi connectivity index (χ0n) is 19.2. The second-order valence-electron chi connectivity index (χ2n) is 9.87. The lowest BCUT2D eigenvalue weighted by atomic mass is 9.81. The lowest BCUT2D eigenvalue weighted by molar-refractivity contribution is 0.0751. The number of fused-ring (bicyclic) bond motifs is 1. The zero-order valence-corrected chi connectivity index (χ0v) is 19.2. The summed E-state index contributed by atoms with van der Waals surface area (Å²) in [5, 5.41) is 0. The van der Waals surface area contributed by atoms with Gasteiger partial charge in [0, 0.05) is 32.8 Å². The predicted molar refractivity (Wildman–Crippen MR) is 130 cm³/mol. The summed E-state index contributed by atoms with van der Waals surface area (Å²) in [5.41, 5.74) is 8.91. The minimum Gasteiger partial charge on any atom is -0.381 e. The molecule has 3 aliphatic rings. The van der Waals surface area contributed by atoms with Gasteiger partial charge in [-0.2, -0.15) is 0 Å². The van der Waals surface area contributed by atoms with Gasteiger partial charge in [-0.15, -0.1) is 0 Å². The van der Waals surface area contributed by atoms with Crippen LogP contribution in [0.1, 0.15) is 54.4 Å². The van der Waals surface area contributed by atoms with Crippen LogP contribution in [-0.4, -0.2) is 44.4 Å². The molecule has 0 saturated carbocycles. The average molecular weight is 434 g/mol. The van der Waals surface area contributed by atoms with E-state index >= 15 is 0 Å². The SMILES string of the molecule is FCCCN1CC(Cc2ccc(C3=C(C4CCOCC4)CCCc4ccccc43)cc2)C1. The molecule has 2 heterocycles. The number of likely N-dealkylation sites (tertiary alicyclic amines) is 1. The first-order valence-corrected chi connectivity index (χ1v) is 12.6. The van der Waals surface area contributed by atoms with Gasteiger partial charge in [0.25, 0.3) is 0 Å². The van der Waals surface area contributed by atoms with Crippen LogP contribution in [0.3, 0.4) is 0 Å². The summed E-state index contributed by atoms with van der Waals surface area (Å²) in [6.45, 7) is 4.74. The third-order valence-corrected chi connectivity index (χ3v) is 7.62. The van der Waals surface area contributed by atoms with Crippen molar-refractivity contribution in [3.8, 4) is 0 Å². The van der Waals surface area contributed by atoms with Gasteiger partial charge in [0.1, 0.15) is 0 Å². The van der Waals surface area contributed by atoms with Gasteiger partial charge in [-0.1, -0.05) is 54.1 Å². The highest BCUT2D eigenvalue weighted by Gasteiger charge is 2.27. The Morgan fingerprint density at radius 1 is 0.938 bits per heavy atom. The molecule has 0 spiro atoms. The van der Waals surface area contributed by atoms with Crippen molar-refractivity contribution in [3.63, 3.8) is 0 Å². The van der Waals surface area contributed by atoms with E-state index in [1.54, 1.807) is 5.57 Å². The van der Waals surface area contributed by atoms with E-state index in [-0.39, 0.29) is 6.67 Å². The van der Waals surface area contributed by atoms with E-state index in [0.29, 0.717) is 12.3 Å². The normalized spacial score (nSPS) is 20.7. The Labute approximate surface area is 192 Å². The summed E-state index contributed by atoms with van der Waals surface area (Å²) in [4.78, 5) is 2.38. The van der Waals surface area contributed by atoms with Crippen LogP contribution < -0.4 is 0 Å². The molecule has 2 nitrogen and oxygen atoms in total. The molecular weight excluding hydrogens is 397 g/mol. The highest BCUT2D eigenvalue weighted by Crippen LogP contribution is 2.41. The van der Waals surface area contributed by atoms with Gasteiger partial charge in [-0.05, 0) is 84.6 Å². The van der Waals surface area contributed by atoms with Gasteiger partial charge in [0.2, 0.25) is 0 Å². The number of rotatable bonds is 7. The summed E-state index contributed by atoms with van der Waals surface area (Å²) < 4.78 is 18.1. The minimum absolute atomic E-state index is 0.197. The predicted octanol–water partition coefficient (Wildman–Crippen LogP) is 6.09. The van der Waals surface area contributed by atoms with Crippen LogP contribution in [-0.2, 0) is 17.6 Å². The number of nitrogens with zero attached hydrogens (tertiary/aromatic N) is 1. The summed E-state index contributed by atoms with van der Waals surface area (Å²) in [6, 6.07) is 18.5. The summed E-state index contributed by atoms with van der Waals surface area (Å²) in [6.07, 6.45) is 7.73. The molecule has 2 saturated heterocycles. The Kier molecular flexibility index (Phi) is 7.04. The molecule has 2 aromatic carbocycles. The van der Waals surface area contributed by atoms with Crippen LogP contribution in [0, 0.1) is 11.8 Å². The van der Waals surface area contributed by atoms with Crippen LogP contribution in [0.2, 0.25) is 0 Å². The first kappa shape index (κ1) is 21.9. The standard InChI is InChI=1S/C29H36FNO/c30-15-4-16-31-20-23(21-31)19-22-9-11-26(12-10-22)29-27-7-2-1-5-24(27)6-3-8-28(29)25-13-17-32-18-14-25/h1-2,5,7,9-12,23,25H,3-4,6,8,13-21H2. The first-order chi connectivity index (χ1) is 15.8. The topological polar surface area (TPSA) is 12.5 Å². The molecule has 5 rings (SSSR count). The van der Waals surface area contributed by atoms with Crippen molar-refractivity contribution in [2.24, 2.45) is 11.8 Å². The first-order valence-electron chi connectivity index (χ1n) is 12.6. The maximum absolute atomic E-state index is 12.4. The Balaban J connectivity index is 1.38. The number of hydrogen-bond acceptors (Lipinski definition) is 2. The highest BCUT2D eigenvalue weighted by atomic mass is 19.1. The number of benzene rings is 2. The molecule has 0 bridgehead atoms. The molecule has 0 amide bonds. The molecule has 170 valence electrons. The second kappa shape index (κ2) is 10.3. The fourth-order valence-electron chi connectivity index (χ4n) is 5.96. The molecule has 0 aromatic heterocycles. The van der Waals surface area contributed by atoms with Crippen LogP contribution >= 0.6 is 0 Å². The van der Waals surface area contributed by atoms with E-state index in [1.807, 2.05) is 0 Å². The van der Waals surface area contributed by atoms with Gasteiger partial charge >= 0.3 is 0 Å². The number of alkyl halides is 1. The third-order valence-electron chi connectivity index (χ3n) is 7.62. The van der Waals surface area contributed by atoms with E-state index in [1.165, 1.54) is 47.1 Å². The average Bonchev–Trinajstić information content (AvgIpc) is 3.01. The monoisotopic (exact) mass is 433 g/mol. The molecular formula is C29H36FNO. The maximum atomic E-state index is 12.4. The summed E-state index contributed by atoms with van der Waals surface area (Å²) >= 11 is 0. The Morgan fingerprint density at radius 3 is 2.50 bits per heavy atom. The van der Waals surface area contributed by atoms with Crippen molar-refractivity contribution < 1.29 is 9.13 Å². The highest BCUT2D eigenvalue weighted by molar-refractivity contribution is 5.84. The van der Waals surface area contributed by atoms with Gasteiger partial charge < -0.3 is 9.64 Å². The fraction of sp³-hybridized carbons (Fsp3) is 0.517. The fourth-order valence-corrected chi connectivity index (χ4v) is 5.96. The Bertz CT molecular complexity index is 922. The van der Waals surface area contributed by atoms with Crippen LogP contribution in [0.4, 0.5) is 4.39 Å². The molecule has 2 fully saturated rings. The molecule has 0 unspecified atom stereocenters. The molecule has 0 N–H and O–H groups in total. The van der Waals surface area contributed by atoms with Gasteiger partial charge in [-0.25, -0.2) is 0 Å². The second-order valence-corrected chi connectivity index (χ2v) is 9.87. The van der Waals surface area contributed by atoms with Gasteiger partial charge in [0.15, 0.2) is 0 Å². The lowest BCUT2D eigenvalue weighted by Gasteiger charge is -2.39. The van der Waals surface area contributed by atoms with Crippen molar-refractivity contribution in [1.29, 1.82) is 0 Å². The van der Waals surface area contributed by atoms with Crippen molar-refractivity contribution in [2.45, 2.75) is 44.9 Å². The van der Waals surface area contributed by atoms with E-state index in [9.17, 15) is 4.39 Å². The smallest absolute Gasteiger partial charge is 0.0906 e. The number of allylic oxidation sites excluding steroid dienone is 1. The summed E-state index contributed by atoms with van der Waals surface area (Å²) in [7, 11) is 0. The molecule has 3 heteroatoms. The van der Waals surface area contributed by atoms with Gasteiger partial charge in [0.05, 0.1) is 6.67 Å². The van der Waals surface area contributed by atoms with Crippen molar-refractivity contribution in [2.75, 3.05) is 39.5 Å². The molecule has 32 heavy (non-hydrogen) atoms. The summed E-state index contributed by atoms with van der Waals surface area (Å²) in [5.74, 6) is 1.37. The Morgan fingerprint density at radius 2 is 1.72 bits per heavy atom. The minimum atomic E-state index is -0.197. The third kappa shape index (κ3) is 4.84. The van der Waals surface area contributed by atoms with Crippen LogP contribution in [0.15, 0.2) is 54.1 Å². The van der Waals surface area contributed by atoms with E-state index < -0.39 is 0 Å². The quantitative estimate of drug-likeness (QED) is 0.524. The number of halogens is 1. The van der Waals surface area contributed by atoms with Crippen molar-refractivity contribution in [3.05, 3.63) is 76.4 Å². The van der Waals surface area contributed by atoms with Crippen LogP contribution in [0.25, 0.3) is 5.57 Å². The van der Waals surface area contributed by atoms with Crippen LogP contribution in [0.5, 0.6) is 0 Å². The lowest BCUT2D eigenvalue weighted by Crippen LogP contribution is -2.47. The molecule has 2 aromatic rings. The van der Waals surface area contributed by atoms with Crippen molar-refractivity contribution >= 4 is 5.57 Å². The molecule has 2 aliphatic heterocycles. The molecule has 0 atom stereocenters. The number of ether oxygens (including phenoxy) is 1. The Hall–Kier alpha value is -1.97. The van der Waals surface area contributed by atoms with E-state index in [2.05, 4.69) is 53.4 Å². The molecule has 1 aliphatic carbocycles. The zero-order chi connectivity index (χ0) is 21.8. The van der Waals surface area contributed by atoms with Crippen molar-refractivity contribution in [1.82, 2.24) is 4.90 Å². The number of hydrogen-bond donors (Lipinski definition) is 0. The largest absolute Gasteiger partial charge is 0.381 e. The van der Waals surface area contributed by atoms with E-state index in [4.69, 9.17) is 4.74 Å². The van der Waals surface area contributed by atoms with E-state index in [0.717, 1.165) is 58.0 Å². The molecule has 0 radical (unpaired) electrons. The van der Waals surface area contributed by atoms with Gasteiger partial charge in [-0.3, -0.25) is 4.39 Å².